The summed E-state index contributed by atoms with van der Waals surface area (Å²) in [6.45, 7) is 7.69. The molecule has 4 rings (SSSR count). The molecule has 0 aliphatic carbocycles. The van der Waals surface area contributed by atoms with E-state index in [9.17, 15) is 4.79 Å². The van der Waals surface area contributed by atoms with Gasteiger partial charge >= 0.3 is 0 Å². The largest absolute Gasteiger partial charge is 0.378 e. The molecule has 0 radical (unpaired) electrons. The molecule has 2 aliphatic rings. The van der Waals surface area contributed by atoms with Crippen LogP contribution in [0.2, 0.25) is 0 Å². The maximum Gasteiger partial charge on any atom is 0.251 e. The SMILES string of the molecule is C[C@@H]1C[C@@H](Cc2ccccc2)N(c2cc(N3CCOCC3)cc(=O)[nH]2)[C@@H]1C. The van der Waals surface area contributed by atoms with Crippen molar-refractivity contribution < 1.29 is 4.74 Å². The number of morpholine rings is 1. The predicted octanol–water partition coefficient (Wildman–Crippen LogP) is 3.06. The van der Waals surface area contributed by atoms with Gasteiger partial charge in [-0.05, 0) is 31.2 Å². The third-order valence-corrected chi connectivity index (χ3v) is 6.08. The summed E-state index contributed by atoms with van der Waals surface area (Å²) in [7, 11) is 0. The molecule has 2 fully saturated rings. The van der Waals surface area contributed by atoms with Gasteiger partial charge in [0.05, 0.1) is 13.2 Å². The molecule has 0 unspecified atom stereocenters. The van der Waals surface area contributed by atoms with Gasteiger partial charge in [-0.15, -0.1) is 0 Å². The van der Waals surface area contributed by atoms with Crippen LogP contribution in [-0.4, -0.2) is 43.4 Å². The molecule has 144 valence electrons. The van der Waals surface area contributed by atoms with E-state index in [0.29, 0.717) is 18.0 Å². The van der Waals surface area contributed by atoms with Gasteiger partial charge in [0.2, 0.25) is 0 Å². The minimum Gasteiger partial charge on any atom is -0.378 e. The van der Waals surface area contributed by atoms with Crippen LogP contribution in [0.3, 0.4) is 0 Å². The molecule has 2 saturated heterocycles. The molecule has 2 aromatic rings. The van der Waals surface area contributed by atoms with Gasteiger partial charge < -0.3 is 19.5 Å². The van der Waals surface area contributed by atoms with Crippen molar-refractivity contribution >= 4 is 11.5 Å². The Hall–Kier alpha value is -2.27. The van der Waals surface area contributed by atoms with Crippen LogP contribution in [0.5, 0.6) is 0 Å². The Labute approximate surface area is 161 Å². The normalized spacial score (nSPS) is 25.8. The molecule has 0 bridgehead atoms. The van der Waals surface area contributed by atoms with Gasteiger partial charge in [0, 0.05) is 43.0 Å². The highest BCUT2D eigenvalue weighted by Crippen LogP contribution is 2.35. The third kappa shape index (κ3) is 3.88. The number of rotatable bonds is 4. The first-order valence-electron chi connectivity index (χ1n) is 10.0. The van der Waals surface area contributed by atoms with E-state index in [4.69, 9.17) is 4.74 Å². The highest BCUT2D eigenvalue weighted by molar-refractivity contribution is 5.57. The van der Waals surface area contributed by atoms with Crippen molar-refractivity contribution in [2.75, 3.05) is 36.1 Å². The van der Waals surface area contributed by atoms with Gasteiger partial charge in [-0.3, -0.25) is 4.79 Å². The van der Waals surface area contributed by atoms with Crippen molar-refractivity contribution in [2.45, 2.75) is 38.8 Å². The van der Waals surface area contributed by atoms with E-state index in [2.05, 4.69) is 65.0 Å². The molecule has 27 heavy (non-hydrogen) atoms. The monoisotopic (exact) mass is 367 g/mol. The molecule has 3 atom stereocenters. The van der Waals surface area contributed by atoms with E-state index in [0.717, 1.165) is 50.7 Å². The Balaban J connectivity index is 1.64. The second-order valence-corrected chi connectivity index (χ2v) is 7.89. The number of nitrogens with one attached hydrogen (secondary N) is 1. The van der Waals surface area contributed by atoms with Gasteiger partial charge in [0.25, 0.3) is 5.56 Å². The number of hydrogen-bond acceptors (Lipinski definition) is 4. The Bertz CT molecular complexity index is 814. The summed E-state index contributed by atoms with van der Waals surface area (Å²) >= 11 is 0. The molecule has 1 N–H and O–H groups in total. The number of nitrogens with zero attached hydrogens (tertiary/aromatic N) is 2. The number of benzene rings is 1. The number of aromatic amines is 1. The highest BCUT2D eigenvalue weighted by Gasteiger charge is 2.36. The molecule has 5 heteroatoms. The number of anilines is 2. The van der Waals surface area contributed by atoms with Crippen molar-refractivity contribution in [3.8, 4) is 0 Å². The van der Waals surface area contributed by atoms with Gasteiger partial charge in [-0.1, -0.05) is 37.3 Å². The third-order valence-electron chi connectivity index (χ3n) is 6.08. The fraction of sp³-hybridized carbons (Fsp3) is 0.500. The van der Waals surface area contributed by atoms with Gasteiger partial charge in [0.1, 0.15) is 5.82 Å². The topological polar surface area (TPSA) is 48.6 Å². The van der Waals surface area contributed by atoms with Crippen LogP contribution in [0.25, 0.3) is 0 Å². The van der Waals surface area contributed by atoms with Crippen molar-refractivity contribution in [3.05, 3.63) is 58.4 Å². The summed E-state index contributed by atoms with van der Waals surface area (Å²) in [6.07, 6.45) is 2.14. The second kappa shape index (κ2) is 7.77. The quantitative estimate of drug-likeness (QED) is 0.902. The van der Waals surface area contributed by atoms with Crippen LogP contribution in [0, 0.1) is 5.92 Å². The zero-order valence-corrected chi connectivity index (χ0v) is 16.2. The minimum atomic E-state index is -0.0285. The lowest BCUT2D eigenvalue weighted by atomic mass is 9.99. The van der Waals surface area contributed by atoms with E-state index in [1.165, 1.54) is 5.56 Å². The fourth-order valence-electron chi connectivity index (χ4n) is 4.49. The van der Waals surface area contributed by atoms with E-state index >= 15 is 0 Å². The lowest BCUT2D eigenvalue weighted by molar-refractivity contribution is 0.122. The van der Waals surface area contributed by atoms with Crippen molar-refractivity contribution in [2.24, 2.45) is 5.92 Å². The maximum absolute atomic E-state index is 12.4. The molecular weight excluding hydrogens is 338 g/mol. The number of ether oxygens (including phenoxy) is 1. The predicted molar refractivity (Wildman–Crippen MR) is 110 cm³/mol. The van der Waals surface area contributed by atoms with Crippen LogP contribution in [0.4, 0.5) is 11.5 Å². The average molecular weight is 367 g/mol. The van der Waals surface area contributed by atoms with Crippen LogP contribution in [-0.2, 0) is 11.2 Å². The lowest BCUT2D eigenvalue weighted by Gasteiger charge is -2.33. The summed E-state index contributed by atoms with van der Waals surface area (Å²) in [5.74, 6) is 1.54. The van der Waals surface area contributed by atoms with Crippen LogP contribution in [0.15, 0.2) is 47.3 Å². The molecular formula is C22H29N3O2. The van der Waals surface area contributed by atoms with Crippen molar-refractivity contribution in [1.29, 1.82) is 0 Å². The standard InChI is InChI=1S/C22H29N3O2/c1-16-12-20(13-18-6-4-3-5-7-18)25(17(16)2)21-14-19(15-22(26)23-21)24-8-10-27-11-9-24/h3-7,14-17,20H,8-13H2,1-2H3,(H,23,26)/t16-,17-,20+/m1/s1. The van der Waals surface area contributed by atoms with E-state index in [1.807, 2.05) is 0 Å². The Morgan fingerprint density at radius 2 is 1.85 bits per heavy atom. The van der Waals surface area contributed by atoms with Gasteiger partial charge in [-0.2, -0.15) is 0 Å². The molecule has 0 spiro atoms. The van der Waals surface area contributed by atoms with Crippen molar-refractivity contribution in [3.63, 3.8) is 0 Å². The molecule has 2 aliphatic heterocycles. The molecule has 5 nitrogen and oxygen atoms in total. The second-order valence-electron chi connectivity index (χ2n) is 7.89. The number of H-pyrrole nitrogens is 1. The summed E-state index contributed by atoms with van der Waals surface area (Å²) in [4.78, 5) is 20.2. The average Bonchev–Trinajstić information content (AvgIpc) is 2.96. The summed E-state index contributed by atoms with van der Waals surface area (Å²) < 4.78 is 5.46. The van der Waals surface area contributed by atoms with Crippen molar-refractivity contribution in [1.82, 2.24) is 4.98 Å². The first kappa shape index (κ1) is 18.1. The first-order valence-corrected chi connectivity index (χ1v) is 10.0. The molecule has 3 heterocycles. The first-order chi connectivity index (χ1) is 13.1. The Kier molecular flexibility index (Phi) is 5.21. The van der Waals surface area contributed by atoms with Gasteiger partial charge in [-0.25, -0.2) is 0 Å². The zero-order valence-electron chi connectivity index (χ0n) is 16.2. The number of aromatic nitrogens is 1. The van der Waals surface area contributed by atoms with E-state index in [1.54, 1.807) is 6.07 Å². The smallest absolute Gasteiger partial charge is 0.251 e. The number of hydrogen-bond donors (Lipinski definition) is 1. The molecule has 0 saturated carbocycles. The Morgan fingerprint density at radius 3 is 2.59 bits per heavy atom. The number of pyridine rings is 1. The fourth-order valence-corrected chi connectivity index (χ4v) is 4.49. The molecule has 1 aromatic carbocycles. The van der Waals surface area contributed by atoms with Crippen LogP contribution >= 0.6 is 0 Å². The van der Waals surface area contributed by atoms with E-state index < -0.39 is 0 Å². The van der Waals surface area contributed by atoms with Crippen LogP contribution < -0.4 is 15.4 Å². The maximum atomic E-state index is 12.4. The van der Waals surface area contributed by atoms with E-state index in [-0.39, 0.29) is 5.56 Å². The molecule has 1 aromatic heterocycles. The van der Waals surface area contributed by atoms with Crippen LogP contribution in [0.1, 0.15) is 25.8 Å². The lowest BCUT2D eigenvalue weighted by Crippen LogP contribution is -2.40. The molecule has 0 amide bonds. The summed E-state index contributed by atoms with van der Waals surface area (Å²) in [6, 6.07) is 15.3. The zero-order chi connectivity index (χ0) is 18.8. The summed E-state index contributed by atoms with van der Waals surface area (Å²) in [5.41, 5.74) is 2.32. The minimum absolute atomic E-state index is 0.0285. The Morgan fingerprint density at radius 1 is 1.11 bits per heavy atom. The van der Waals surface area contributed by atoms with Gasteiger partial charge in [0.15, 0.2) is 0 Å². The highest BCUT2D eigenvalue weighted by atomic mass is 16.5. The summed E-state index contributed by atoms with van der Waals surface area (Å²) in [5, 5.41) is 0.